The standard InChI is InChI=1S/C21H26F3N5O/c1-25-20(29-8-7-14(13-29)9-15-11-26-28(2)12-15)27-18-10-17(18)16-5-3-4-6-19(16)30-21(22,23)24/h3-6,11-12,14,17-18H,7-10,13H2,1-2H3,(H,25,27). The van der Waals surface area contributed by atoms with E-state index >= 15 is 0 Å². The van der Waals surface area contributed by atoms with Crippen LogP contribution in [0.1, 0.15) is 29.9 Å². The minimum atomic E-state index is -4.69. The summed E-state index contributed by atoms with van der Waals surface area (Å²) in [6, 6.07) is 6.43. The van der Waals surface area contributed by atoms with Crippen molar-refractivity contribution in [2.45, 2.75) is 37.6 Å². The van der Waals surface area contributed by atoms with Crippen molar-refractivity contribution in [3.63, 3.8) is 0 Å². The number of rotatable bonds is 5. The van der Waals surface area contributed by atoms with E-state index in [1.165, 1.54) is 11.6 Å². The number of likely N-dealkylation sites (tertiary alicyclic amines) is 1. The number of benzene rings is 1. The molecular formula is C21H26F3N5O. The quantitative estimate of drug-likeness (QED) is 0.595. The molecule has 1 N–H and O–H groups in total. The summed E-state index contributed by atoms with van der Waals surface area (Å²) in [5.74, 6) is 1.20. The van der Waals surface area contributed by atoms with Gasteiger partial charge in [0.25, 0.3) is 0 Å². The van der Waals surface area contributed by atoms with E-state index in [1.54, 1.807) is 25.2 Å². The number of hydrogen-bond donors (Lipinski definition) is 1. The zero-order valence-electron chi connectivity index (χ0n) is 17.1. The number of aryl methyl sites for hydroxylation is 1. The predicted octanol–water partition coefficient (Wildman–Crippen LogP) is 3.31. The predicted molar refractivity (Wildman–Crippen MR) is 107 cm³/mol. The molecule has 3 unspecified atom stereocenters. The molecule has 0 spiro atoms. The maximum absolute atomic E-state index is 12.7. The van der Waals surface area contributed by atoms with Crippen molar-refractivity contribution >= 4 is 5.96 Å². The molecule has 2 aliphatic rings. The first-order chi connectivity index (χ1) is 14.3. The van der Waals surface area contributed by atoms with Gasteiger partial charge in [-0.2, -0.15) is 5.10 Å². The molecule has 1 aromatic carbocycles. The van der Waals surface area contributed by atoms with E-state index in [2.05, 4.69) is 25.0 Å². The summed E-state index contributed by atoms with van der Waals surface area (Å²) in [5, 5.41) is 7.66. The molecule has 9 heteroatoms. The first-order valence-electron chi connectivity index (χ1n) is 10.1. The Hall–Kier alpha value is -2.71. The molecule has 162 valence electrons. The molecule has 30 heavy (non-hydrogen) atoms. The molecule has 6 nitrogen and oxygen atoms in total. The molecule has 0 radical (unpaired) electrons. The molecule has 1 aliphatic heterocycles. The van der Waals surface area contributed by atoms with E-state index in [9.17, 15) is 13.2 Å². The van der Waals surface area contributed by atoms with Gasteiger partial charge < -0.3 is 15.0 Å². The summed E-state index contributed by atoms with van der Waals surface area (Å²) >= 11 is 0. The molecule has 3 atom stereocenters. The molecule has 2 fully saturated rings. The van der Waals surface area contributed by atoms with Crippen LogP contribution < -0.4 is 10.1 Å². The van der Waals surface area contributed by atoms with Crippen molar-refractivity contribution in [2.24, 2.45) is 18.0 Å². The molecule has 2 heterocycles. The van der Waals surface area contributed by atoms with Crippen LogP contribution in [0, 0.1) is 5.92 Å². The van der Waals surface area contributed by atoms with E-state index in [0.717, 1.165) is 38.3 Å². The van der Waals surface area contributed by atoms with Crippen LogP contribution in [0.4, 0.5) is 13.2 Å². The van der Waals surface area contributed by atoms with Gasteiger partial charge in [-0.05, 0) is 42.4 Å². The third-order valence-corrected chi connectivity index (χ3v) is 5.73. The number of para-hydroxylation sites is 1. The van der Waals surface area contributed by atoms with Crippen molar-refractivity contribution in [3.8, 4) is 5.75 Å². The number of halogens is 3. The van der Waals surface area contributed by atoms with E-state index in [1.807, 2.05) is 24.1 Å². The van der Waals surface area contributed by atoms with Crippen LogP contribution in [0.25, 0.3) is 0 Å². The van der Waals surface area contributed by atoms with Gasteiger partial charge in [0, 0.05) is 45.3 Å². The minimum Gasteiger partial charge on any atom is -0.405 e. The van der Waals surface area contributed by atoms with Gasteiger partial charge in [-0.15, -0.1) is 13.2 Å². The number of aliphatic imine (C=N–C) groups is 1. The van der Waals surface area contributed by atoms with Crippen LogP contribution in [0.5, 0.6) is 5.75 Å². The average Bonchev–Trinajstić information content (AvgIpc) is 3.07. The van der Waals surface area contributed by atoms with E-state index in [4.69, 9.17) is 0 Å². The average molecular weight is 421 g/mol. The maximum atomic E-state index is 12.7. The fourth-order valence-corrected chi connectivity index (χ4v) is 4.27. The van der Waals surface area contributed by atoms with Crippen LogP contribution in [0.2, 0.25) is 0 Å². The highest BCUT2D eigenvalue weighted by atomic mass is 19.4. The molecule has 4 rings (SSSR count). The number of alkyl halides is 3. The number of guanidine groups is 1. The first-order valence-corrected chi connectivity index (χ1v) is 10.1. The second kappa shape index (κ2) is 8.20. The van der Waals surface area contributed by atoms with Crippen molar-refractivity contribution in [1.29, 1.82) is 0 Å². The van der Waals surface area contributed by atoms with Crippen molar-refractivity contribution in [3.05, 3.63) is 47.8 Å². The Morgan fingerprint density at radius 3 is 2.83 bits per heavy atom. The SMILES string of the molecule is CN=C(NC1CC1c1ccccc1OC(F)(F)F)N1CCC(Cc2cnn(C)c2)C1. The minimum absolute atomic E-state index is 0.0194. The summed E-state index contributed by atoms with van der Waals surface area (Å²) in [5.41, 5.74) is 1.81. The first kappa shape index (κ1) is 20.6. The van der Waals surface area contributed by atoms with E-state index < -0.39 is 6.36 Å². The normalized spacial score (nSPS) is 24.2. The number of hydrogen-bond acceptors (Lipinski definition) is 3. The molecule has 1 aromatic heterocycles. The zero-order chi connectivity index (χ0) is 21.3. The summed E-state index contributed by atoms with van der Waals surface area (Å²) in [4.78, 5) is 6.64. The highest BCUT2D eigenvalue weighted by Gasteiger charge is 2.43. The Balaban J connectivity index is 1.34. The molecule has 2 aromatic rings. The Bertz CT molecular complexity index is 910. The van der Waals surface area contributed by atoms with E-state index in [0.29, 0.717) is 11.5 Å². The third-order valence-electron chi connectivity index (χ3n) is 5.73. The third kappa shape index (κ3) is 4.88. The smallest absolute Gasteiger partial charge is 0.405 e. The Morgan fingerprint density at radius 2 is 2.13 bits per heavy atom. The molecule has 1 saturated carbocycles. The Labute approximate surface area is 173 Å². The van der Waals surface area contributed by atoms with E-state index in [-0.39, 0.29) is 17.7 Å². The molecule has 0 bridgehead atoms. The monoisotopic (exact) mass is 421 g/mol. The number of ether oxygens (including phenoxy) is 1. The van der Waals surface area contributed by atoms with Gasteiger partial charge in [0.1, 0.15) is 5.75 Å². The highest BCUT2D eigenvalue weighted by Crippen LogP contribution is 2.45. The maximum Gasteiger partial charge on any atom is 0.573 e. The number of nitrogens with zero attached hydrogens (tertiary/aromatic N) is 4. The van der Waals surface area contributed by atoms with Gasteiger partial charge in [0.05, 0.1) is 6.20 Å². The lowest BCUT2D eigenvalue weighted by Crippen LogP contribution is -2.41. The summed E-state index contributed by atoms with van der Waals surface area (Å²) in [6.45, 7) is 1.81. The lowest BCUT2D eigenvalue weighted by atomic mass is 10.0. The Kier molecular flexibility index (Phi) is 5.62. The second-order valence-corrected chi connectivity index (χ2v) is 8.05. The van der Waals surface area contributed by atoms with Crippen molar-refractivity contribution in [2.75, 3.05) is 20.1 Å². The van der Waals surface area contributed by atoms with Crippen LogP contribution >= 0.6 is 0 Å². The highest BCUT2D eigenvalue weighted by molar-refractivity contribution is 5.81. The fourth-order valence-electron chi connectivity index (χ4n) is 4.27. The molecule has 1 aliphatic carbocycles. The van der Waals surface area contributed by atoms with Gasteiger partial charge in [-0.3, -0.25) is 9.67 Å². The number of nitrogens with one attached hydrogen (secondary N) is 1. The van der Waals surface area contributed by atoms with Crippen LogP contribution in [-0.4, -0.2) is 53.2 Å². The summed E-state index contributed by atoms with van der Waals surface area (Å²) < 4.78 is 44.1. The summed E-state index contributed by atoms with van der Waals surface area (Å²) in [6.07, 6.45) is 2.07. The van der Waals surface area contributed by atoms with Gasteiger partial charge in [-0.25, -0.2) is 0 Å². The second-order valence-electron chi connectivity index (χ2n) is 8.05. The zero-order valence-corrected chi connectivity index (χ0v) is 17.1. The lowest BCUT2D eigenvalue weighted by molar-refractivity contribution is -0.274. The summed E-state index contributed by atoms with van der Waals surface area (Å²) in [7, 11) is 3.66. The lowest BCUT2D eigenvalue weighted by Gasteiger charge is -2.22. The Morgan fingerprint density at radius 1 is 1.33 bits per heavy atom. The van der Waals surface area contributed by atoms with Gasteiger partial charge in [0.2, 0.25) is 0 Å². The van der Waals surface area contributed by atoms with Crippen molar-refractivity contribution < 1.29 is 17.9 Å². The largest absolute Gasteiger partial charge is 0.573 e. The fraction of sp³-hybridized carbons (Fsp3) is 0.524. The molecular weight excluding hydrogens is 395 g/mol. The topological polar surface area (TPSA) is 54.7 Å². The van der Waals surface area contributed by atoms with Gasteiger partial charge in [0.15, 0.2) is 5.96 Å². The van der Waals surface area contributed by atoms with Crippen molar-refractivity contribution in [1.82, 2.24) is 20.0 Å². The molecule has 1 saturated heterocycles. The van der Waals surface area contributed by atoms with Crippen LogP contribution in [0.15, 0.2) is 41.7 Å². The van der Waals surface area contributed by atoms with Gasteiger partial charge >= 0.3 is 6.36 Å². The molecule has 0 amide bonds. The van der Waals surface area contributed by atoms with Crippen LogP contribution in [-0.2, 0) is 13.5 Å². The van der Waals surface area contributed by atoms with Gasteiger partial charge in [-0.1, -0.05) is 18.2 Å². The number of aromatic nitrogens is 2. The van der Waals surface area contributed by atoms with Crippen LogP contribution in [0.3, 0.4) is 0 Å².